The first-order valence-electron chi connectivity index (χ1n) is 15.9. The fourth-order valence-electron chi connectivity index (χ4n) is 6.61. The quantitative estimate of drug-likeness (QED) is 0.216. The zero-order valence-electron chi connectivity index (χ0n) is 26.0. The van der Waals surface area contributed by atoms with Gasteiger partial charge in [-0.15, -0.1) is 10.2 Å². The molecule has 1 saturated heterocycles. The Morgan fingerprint density at radius 2 is 1.67 bits per heavy atom. The van der Waals surface area contributed by atoms with Gasteiger partial charge in [-0.3, -0.25) is 4.90 Å². The number of H-pyrrole nitrogens is 1. The molecule has 8 rings (SSSR count). The molecule has 9 nitrogen and oxygen atoms in total. The molecule has 0 radical (unpaired) electrons. The number of aromatic nitrogens is 4. The van der Waals surface area contributed by atoms with Crippen LogP contribution in [-0.2, 0) is 6.54 Å². The van der Waals surface area contributed by atoms with Crippen molar-refractivity contribution < 1.29 is 4.74 Å². The van der Waals surface area contributed by atoms with Crippen molar-refractivity contribution >= 4 is 12.0 Å². The monoisotopic (exact) mass is 608 g/mol. The average molecular weight is 609 g/mol. The lowest BCUT2D eigenvalue weighted by Gasteiger charge is -2.31. The van der Waals surface area contributed by atoms with Crippen molar-refractivity contribution in [2.75, 3.05) is 25.2 Å². The lowest BCUT2D eigenvalue weighted by atomic mass is 9.95. The van der Waals surface area contributed by atoms with Crippen molar-refractivity contribution in [3.63, 3.8) is 0 Å². The van der Waals surface area contributed by atoms with Gasteiger partial charge >= 0.3 is 0 Å². The Morgan fingerprint density at radius 3 is 2.48 bits per heavy atom. The van der Waals surface area contributed by atoms with Crippen LogP contribution >= 0.6 is 0 Å². The number of pyridine rings is 1. The highest BCUT2D eigenvalue weighted by molar-refractivity contribution is 5.95. The number of likely N-dealkylation sites (tertiary alicyclic amines) is 1. The van der Waals surface area contributed by atoms with E-state index in [-0.39, 0.29) is 6.04 Å². The van der Waals surface area contributed by atoms with Gasteiger partial charge < -0.3 is 9.72 Å². The number of aromatic amines is 1. The number of piperidine rings is 1. The third kappa shape index (κ3) is 5.48. The highest BCUT2D eigenvalue weighted by atomic mass is 16.5. The summed E-state index contributed by atoms with van der Waals surface area (Å²) in [4.78, 5) is 15.9. The standard InChI is InChI=1S/C37H36N8O/c1-24-19-33-38-22-30-21-32(26-7-4-3-5-8-26)34(39-37(30)45(33)43-24)27-13-11-25(12-14-27)23-44-17-15-28(16-18-44)35-40-36(42-41-35)29-9-6-10-31(20-29)46-2/h3-14,19-22,24,28,43H,15-18,23H2,1-2H3,(H,40,41,42). The number of aliphatic imine (C=N–C) groups is 1. The molecule has 5 aromatic rings. The van der Waals surface area contributed by atoms with Crippen molar-refractivity contribution in [3.8, 4) is 39.5 Å². The zero-order valence-corrected chi connectivity index (χ0v) is 26.0. The second-order valence-corrected chi connectivity index (χ2v) is 12.2. The Balaban J connectivity index is 0.974. The Bertz CT molecular complexity index is 1920. The first kappa shape index (κ1) is 28.4. The van der Waals surface area contributed by atoms with Crippen molar-refractivity contribution in [1.82, 2.24) is 30.5 Å². The van der Waals surface area contributed by atoms with Crippen LogP contribution in [0.5, 0.6) is 5.75 Å². The molecule has 3 aromatic carbocycles. The summed E-state index contributed by atoms with van der Waals surface area (Å²) in [7, 11) is 1.68. The summed E-state index contributed by atoms with van der Waals surface area (Å²) in [5, 5.41) is 10.9. The van der Waals surface area contributed by atoms with Crippen molar-refractivity contribution in [1.29, 1.82) is 0 Å². The molecule has 3 aliphatic rings. The van der Waals surface area contributed by atoms with E-state index < -0.39 is 0 Å². The molecule has 0 bridgehead atoms. The number of nitrogens with zero attached hydrogens (tertiary/aromatic N) is 6. The second kappa shape index (κ2) is 12.0. The molecule has 5 heterocycles. The van der Waals surface area contributed by atoms with E-state index in [9.17, 15) is 0 Å². The number of fused-ring (bicyclic) bond motifs is 3. The van der Waals surface area contributed by atoms with Crippen LogP contribution in [-0.4, -0.2) is 57.5 Å². The molecule has 0 spiro atoms. The fourth-order valence-corrected chi connectivity index (χ4v) is 6.61. The molecule has 9 heteroatoms. The van der Waals surface area contributed by atoms with Crippen LogP contribution in [0.1, 0.15) is 42.6 Å². The van der Waals surface area contributed by atoms with Crippen LogP contribution in [0.15, 0.2) is 102 Å². The Hall–Kier alpha value is -5.12. The largest absolute Gasteiger partial charge is 0.497 e. The molecular weight excluding hydrogens is 572 g/mol. The maximum Gasteiger partial charge on any atom is 0.161 e. The topological polar surface area (TPSA) is 94.6 Å². The molecule has 46 heavy (non-hydrogen) atoms. The number of benzene rings is 3. The van der Waals surface area contributed by atoms with Gasteiger partial charge in [-0.25, -0.2) is 20.4 Å². The number of ether oxygens (including phenoxy) is 1. The van der Waals surface area contributed by atoms with Gasteiger partial charge in [-0.2, -0.15) is 0 Å². The predicted molar refractivity (Wildman–Crippen MR) is 181 cm³/mol. The van der Waals surface area contributed by atoms with Gasteiger partial charge in [0, 0.05) is 47.0 Å². The lowest BCUT2D eigenvalue weighted by molar-refractivity contribution is 0.202. The van der Waals surface area contributed by atoms with Crippen LogP contribution in [0.25, 0.3) is 33.8 Å². The van der Waals surface area contributed by atoms with Crippen molar-refractivity contribution in [2.24, 2.45) is 4.99 Å². The van der Waals surface area contributed by atoms with E-state index in [1.165, 1.54) is 5.56 Å². The predicted octanol–water partition coefficient (Wildman–Crippen LogP) is 6.58. The summed E-state index contributed by atoms with van der Waals surface area (Å²) in [5.41, 5.74) is 11.1. The van der Waals surface area contributed by atoms with E-state index in [2.05, 4.69) is 98.1 Å². The van der Waals surface area contributed by atoms with E-state index in [1.807, 2.05) is 41.6 Å². The van der Waals surface area contributed by atoms with Crippen molar-refractivity contribution in [3.05, 3.63) is 114 Å². The minimum Gasteiger partial charge on any atom is -0.497 e. The Kier molecular flexibility index (Phi) is 7.40. The minimum absolute atomic E-state index is 0.202. The van der Waals surface area contributed by atoms with Crippen LogP contribution < -0.4 is 15.2 Å². The molecular formula is C37H36N8O. The third-order valence-electron chi connectivity index (χ3n) is 9.08. The van der Waals surface area contributed by atoms with E-state index in [4.69, 9.17) is 9.72 Å². The van der Waals surface area contributed by atoms with Gasteiger partial charge in [0.25, 0.3) is 0 Å². The number of nitrogens with one attached hydrogen (secondary N) is 2. The second-order valence-electron chi connectivity index (χ2n) is 12.2. The molecule has 230 valence electrons. The summed E-state index contributed by atoms with van der Waals surface area (Å²) in [6.45, 7) is 5.08. The summed E-state index contributed by atoms with van der Waals surface area (Å²) in [6.07, 6.45) is 6.14. The van der Waals surface area contributed by atoms with E-state index in [0.717, 1.165) is 95.0 Å². The summed E-state index contributed by atoms with van der Waals surface area (Å²) < 4.78 is 5.37. The molecule has 1 fully saturated rings. The molecule has 2 aromatic heterocycles. The van der Waals surface area contributed by atoms with Gasteiger partial charge in [0.15, 0.2) is 11.6 Å². The molecule has 3 aliphatic heterocycles. The minimum atomic E-state index is 0.202. The van der Waals surface area contributed by atoms with Gasteiger partial charge in [0.05, 0.1) is 12.8 Å². The van der Waals surface area contributed by atoms with E-state index in [0.29, 0.717) is 5.92 Å². The molecule has 1 atom stereocenters. The summed E-state index contributed by atoms with van der Waals surface area (Å²) in [5.74, 6) is 4.73. The van der Waals surface area contributed by atoms with Crippen LogP contribution in [0.3, 0.4) is 0 Å². The number of hydrogen-bond acceptors (Lipinski definition) is 8. The first-order chi connectivity index (χ1) is 22.6. The molecule has 0 amide bonds. The Labute approximate surface area is 268 Å². The van der Waals surface area contributed by atoms with E-state index in [1.54, 1.807) is 7.11 Å². The number of methoxy groups -OCH3 is 1. The maximum absolute atomic E-state index is 5.37. The van der Waals surface area contributed by atoms with Crippen LogP contribution in [0, 0.1) is 0 Å². The lowest BCUT2D eigenvalue weighted by Crippen LogP contribution is -2.38. The number of rotatable bonds is 7. The van der Waals surface area contributed by atoms with Gasteiger partial charge in [0.1, 0.15) is 17.4 Å². The molecule has 2 N–H and O–H groups in total. The Morgan fingerprint density at radius 1 is 0.870 bits per heavy atom. The highest BCUT2D eigenvalue weighted by Crippen LogP contribution is 2.38. The fraction of sp³-hybridized carbons (Fsp3) is 0.243. The zero-order chi connectivity index (χ0) is 31.0. The third-order valence-corrected chi connectivity index (χ3v) is 9.08. The normalized spacial score (nSPS) is 17.9. The number of hydrogen-bond donors (Lipinski definition) is 2. The number of anilines is 1. The van der Waals surface area contributed by atoms with E-state index >= 15 is 0 Å². The molecule has 0 aliphatic carbocycles. The van der Waals surface area contributed by atoms with Crippen LogP contribution in [0.4, 0.5) is 5.82 Å². The summed E-state index contributed by atoms with van der Waals surface area (Å²) in [6, 6.07) is 29.7. The summed E-state index contributed by atoms with van der Waals surface area (Å²) >= 11 is 0. The van der Waals surface area contributed by atoms with Gasteiger partial charge in [-0.05, 0) is 68.3 Å². The van der Waals surface area contributed by atoms with Crippen molar-refractivity contribution in [2.45, 2.75) is 38.3 Å². The van der Waals surface area contributed by atoms with Crippen LogP contribution in [0.2, 0.25) is 0 Å². The molecule has 1 unspecified atom stereocenters. The molecule has 0 saturated carbocycles. The SMILES string of the molecule is COc1cccc(-c2nnc(C3CCN(Cc4ccc(-c5nc6c(cc5-c5ccccc5)C=NC5=CC(C)NN56)cc4)CC3)[nH]2)c1. The van der Waals surface area contributed by atoms with Gasteiger partial charge in [0.2, 0.25) is 0 Å². The average Bonchev–Trinajstić information content (AvgIpc) is 3.76. The highest BCUT2D eigenvalue weighted by Gasteiger charge is 2.29. The maximum atomic E-state index is 5.37. The first-order valence-corrected chi connectivity index (χ1v) is 15.9. The number of hydrazine groups is 1. The van der Waals surface area contributed by atoms with Gasteiger partial charge in [-0.1, -0.05) is 66.7 Å². The smallest absolute Gasteiger partial charge is 0.161 e.